The minimum atomic E-state index is -0.195. The Bertz CT molecular complexity index is 901. The van der Waals surface area contributed by atoms with Crippen molar-refractivity contribution in [2.75, 3.05) is 33.3 Å². The lowest BCUT2D eigenvalue weighted by atomic mass is 10.1. The molecule has 2 amide bonds. The Hall–Kier alpha value is -2.46. The third kappa shape index (κ3) is 7.82. The van der Waals surface area contributed by atoms with E-state index in [1.165, 1.54) is 10.5 Å². The van der Waals surface area contributed by atoms with Gasteiger partial charge in [0, 0.05) is 26.7 Å². The van der Waals surface area contributed by atoms with Gasteiger partial charge in [0.1, 0.15) is 0 Å². The summed E-state index contributed by atoms with van der Waals surface area (Å²) >= 11 is 0. The monoisotopic (exact) mass is 564 g/mol. The average Bonchev–Trinajstić information content (AvgIpc) is 3.06. The first-order chi connectivity index (χ1) is 15.6. The van der Waals surface area contributed by atoms with E-state index in [0.29, 0.717) is 43.3 Å². The Morgan fingerprint density at radius 2 is 1.61 bits per heavy atom. The van der Waals surface area contributed by atoms with Gasteiger partial charge in [-0.05, 0) is 36.5 Å². The zero-order valence-corrected chi connectivity index (χ0v) is 21.6. The Kier molecular flexibility index (Phi) is 11.3. The maximum atomic E-state index is 12.4. The molecule has 2 aromatic carbocycles. The van der Waals surface area contributed by atoms with Gasteiger partial charge in [-0.1, -0.05) is 49.4 Å². The first kappa shape index (κ1) is 26.8. The van der Waals surface area contributed by atoms with E-state index in [1.54, 1.807) is 31.3 Å². The number of imide groups is 1. The van der Waals surface area contributed by atoms with Crippen molar-refractivity contribution in [2.45, 2.75) is 26.4 Å². The van der Waals surface area contributed by atoms with Crippen molar-refractivity contribution >= 4 is 41.8 Å². The van der Waals surface area contributed by atoms with E-state index < -0.39 is 0 Å². The molecule has 0 aromatic heterocycles. The first-order valence-corrected chi connectivity index (χ1v) is 11.1. The highest BCUT2D eigenvalue weighted by atomic mass is 127. The molecule has 1 atom stereocenters. The number of carbonyl (C=O) groups excluding carboxylic acids is 2. The Labute approximate surface area is 213 Å². The van der Waals surface area contributed by atoms with Crippen LogP contribution in [0, 0.1) is 5.92 Å². The molecule has 2 N–H and O–H groups in total. The van der Waals surface area contributed by atoms with Crippen molar-refractivity contribution in [3.05, 3.63) is 71.3 Å². The summed E-state index contributed by atoms with van der Waals surface area (Å²) in [6, 6.07) is 17.1. The topological polar surface area (TPSA) is 83.0 Å². The number of unbranched alkanes of at least 4 members (excludes halogenated alkanes) is 1. The minimum Gasteiger partial charge on any atom is -0.376 e. The highest BCUT2D eigenvalue weighted by Crippen LogP contribution is 2.22. The fourth-order valence-corrected chi connectivity index (χ4v) is 3.55. The van der Waals surface area contributed by atoms with E-state index >= 15 is 0 Å². The predicted octanol–water partition coefficient (Wildman–Crippen LogP) is 3.70. The molecule has 8 heteroatoms. The molecule has 1 heterocycles. The van der Waals surface area contributed by atoms with Crippen LogP contribution in [0.1, 0.15) is 46.0 Å². The average molecular weight is 564 g/mol. The number of fused-ring (bicyclic) bond motifs is 1. The molecule has 0 bridgehead atoms. The van der Waals surface area contributed by atoms with Crippen LogP contribution in [0.5, 0.6) is 0 Å². The molecule has 1 aliphatic heterocycles. The Morgan fingerprint density at radius 3 is 2.24 bits per heavy atom. The smallest absolute Gasteiger partial charge is 0.261 e. The van der Waals surface area contributed by atoms with Gasteiger partial charge in [-0.25, -0.2) is 0 Å². The maximum absolute atomic E-state index is 12.4. The molecular weight excluding hydrogens is 531 g/mol. The molecule has 2 aromatic rings. The van der Waals surface area contributed by atoms with Gasteiger partial charge >= 0.3 is 0 Å². The third-order valence-electron chi connectivity index (χ3n) is 5.33. The molecule has 0 fully saturated rings. The maximum Gasteiger partial charge on any atom is 0.261 e. The van der Waals surface area contributed by atoms with Crippen LogP contribution < -0.4 is 10.6 Å². The number of nitrogens with one attached hydrogen (secondary N) is 2. The largest absolute Gasteiger partial charge is 0.376 e. The summed E-state index contributed by atoms with van der Waals surface area (Å²) in [6.45, 7) is 5.30. The van der Waals surface area contributed by atoms with E-state index in [9.17, 15) is 9.59 Å². The highest BCUT2D eigenvalue weighted by Gasteiger charge is 2.34. The third-order valence-corrected chi connectivity index (χ3v) is 5.33. The van der Waals surface area contributed by atoms with Gasteiger partial charge in [-0.3, -0.25) is 19.5 Å². The molecule has 3 rings (SSSR count). The van der Waals surface area contributed by atoms with E-state index in [-0.39, 0.29) is 35.8 Å². The van der Waals surface area contributed by atoms with Gasteiger partial charge in [0.05, 0.1) is 24.3 Å². The van der Waals surface area contributed by atoms with Crippen LogP contribution in [0.25, 0.3) is 0 Å². The molecule has 178 valence electrons. The van der Waals surface area contributed by atoms with Gasteiger partial charge in [0.25, 0.3) is 11.8 Å². The quantitative estimate of drug-likeness (QED) is 0.143. The van der Waals surface area contributed by atoms with Crippen LogP contribution in [0.4, 0.5) is 0 Å². The summed E-state index contributed by atoms with van der Waals surface area (Å²) in [7, 11) is 1.74. The fraction of sp³-hybridized carbons (Fsp3) is 0.400. The lowest BCUT2D eigenvalue weighted by Gasteiger charge is -2.17. The van der Waals surface area contributed by atoms with E-state index in [4.69, 9.17) is 4.74 Å². The van der Waals surface area contributed by atoms with Crippen LogP contribution in [0.2, 0.25) is 0 Å². The summed E-state index contributed by atoms with van der Waals surface area (Å²) in [5.74, 6) is 0.686. The summed E-state index contributed by atoms with van der Waals surface area (Å²) in [6.07, 6.45) is 1.56. The molecule has 0 radical (unpaired) electrons. The molecule has 0 aliphatic carbocycles. The van der Waals surface area contributed by atoms with Crippen LogP contribution in [0.15, 0.2) is 59.6 Å². The zero-order chi connectivity index (χ0) is 22.8. The second-order valence-electron chi connectivity index (χ2n) is 8.00. The Morgan fingerprint density at radius 1 is 0.970 bits per heavy atom. The summed E-state index contributed by atoms with van der Waals surface area (Å²) in [4.78, 5) is 30.4. The summed E-state index contributed by atoms with van der Waals surface area (Å²) in [5, 5.41) is 6.60. The number of amides is 2. The van der Waals surface area contributed by atoms with Crippen molar-refractivity contribution < 1.29 is 14.3 Å². The van der Waals surface area contributed by atoms with Crippen LogP contribution in [-0.4, -0.2) is 56.0 Å². The number of rotatable bonds is 11. The van der Waals surface area contributed by atoms with Gasteiger partial charge in [0.2, 0.25) is 0 Å². The normalized spacial score (nSPS) is 14.0. The lowest BCUT2D eigenvalue weighted by molar-refractivity contribution is 0.0652. The number of benzene rings is 2. The van der Waals surface area contributed by atoms with Gasteiger partial charge in [-0.2, -0.15) is 0 Å². The molecule has 33 heavy (non-hydrogen) atoms. The van der Waals surface area contributed by atoms with Crippen LogP contribution in [-0.2, 0) is 11.3 Å². The second kappa shape index (κ2) is 13.9. The van der Waals surface area contributed by atoms with Gasteiger partial charge in [-0.15, -0.1) is 24.0 Å². The van der Waals surface area contributed by atoms with Gasteiger partial charge in [0.15, 0.2) is 5.96 Å². The summed E-state index contributed by atoms with van der Waals surface area (Å²) in [5.41, 5.74) is 2.18. The van der Waals surface area contributed by atoms with E-state index in [1.807, 2.05) is 18.2 Å². The molecular formula is C25H33IN4O3. The molecule has 0 saturated heterocycles. The van der Waals surface area contributed by atoms with Crippen LogP contribution in [0.3, 0.4) is 0 Å². The Balaban J connectivity index is 0.00000385. The molecule has 1 aliphatic rings. The van der Waals surface area contributed by atoms with Crippen LogP contribution >= 0.6 is 24.0 Å². The summed E-state index contributed by atoms with van der Waals surface area (Å²) < 4.78 is 5.79. The van der Waals surface area contributed by atoms with Crippen molar-refractivity contribution in [1.82, 2.24) is 15.5 Å². The first-order valence-electron chi connectivity index (χ1n) is 11.1. The predicted molar refractivity (Wildman–Crippen MR) is 141 cm³/mol. The zero-order valence-electron chi connectivity index (χ0n) is 19.3. The standard InChI is InChI=1S/C25H32N4O3.HI/c1-19(17-32-18-20-10-4-3-5-11-20)16-28-25(26-2)27-14-8-9-15-29-23(30)21-12-6-7-13-22(21)24(29)31;/h3-7,10-13,19H,8-9,14-18H2,1-2H3,(H2,26,27,28);1H. The fourth-order valence-electron chi connectivity index (χ4n) is 3.55. The molecule has 1 unspecified atom stereocenters. The molecule has 7 nitrogen and oxygen atoms in total. The molecule has 0 spiro atoms. The number of nitrogens with zero attached hydrogens (tertiary/aromatic N) is 2. The number of guanidine groups is 1. The van der Waals surface area contributed by atoms with Crippen molar-refractivity contribution in [2.24, 2.45) is 10.9 Å². The van der Waals surface area contributed by atoms with E-state index in [2.05, 4.69) is 34.7 Å². The second-order valence-corrected chi connectivity index (χ2v) is 8.00. The number of aliphatic imine (C=N–C) groups is 1. The number of ether oxygens (including phenoxy) is 1. The van der Waals surface area contributed by atoms with Crippen molar-refractivity contribution in [3.8, 4) is 0 Å². The number of carbonyl (C=O) groups is 2. The minimum absolute atomic E-state index is 0. The van der Waals surface area contributed by atoms with Crippen molar-refractivity contribution in [1.29, 1.82) is 0 Å². The number of hydrogen-bond donors (Lipinski definition) is 2. The molecule has 0 saturated carbocycles. The number of halogens is 1. The lowest BCUT2D eigenvalue weighted by Crippen LogP contribution is -2.40. The number of hydrogen-bond acceptors (Lipinski definition) is 4. The highest BCUT2D eigenvalue weighted by molar-refractivity contribution is 14.0. The SMILES string of the molecule is CN=C(NCCCCN1C(=O)c2ccccc2C1=O)NCC(C)COCc1ccccc1.I. The van der Waals surface area contributed by atoms with E-state index in [0.717, 1.165) is 25.3 Å². The van der Waals surface area contributed by atoms with Crippen molar-refractivity contribution in [3.63, 3.8) is 0 Å². The van der Waals surface area contributed by atoms with Gasteiger partial charge < -0.3 is 15.4 Å².